The van der Waals surface area contributed by atoms with E-state index >= 15 is 0 Å². The van der Waals surface area contributed by atoms with Gasteiger partial charge in [0.25, 0.3) is 0 Å². The lowest BCUT2D eigenvalue weighted by molar-refractivity contribution is -0.124. The van der Waals surface area contributed by atoms with Crippen LogP contribution in [-0.4, -0.2) is 50.6 Å². The number of likely N-dealkylation sites (N-methyl/N-ethyl adjacent to an activating group) is 1. The molecule has 0 saturated carbocycles. The first kappa shape index (κ1) is 16.4. The van der Waals surface area contributed by atoms with Gasteiger partial charge in [0.15, 0.2) is 0 Å². The van der Waals surface area contributed by atoms with E-state index in [1.54, 1.807) is 0 Å². The van der Waals surface area contributed by atoms with Gasteiger partial charge in [-0.25, -0.2) is 0 Å². The molecule has 14 heavy (non-hydrogen) atoms. The Morgan fingerprint density at radius 1 is 1.50 bits per heavy atom. The summed E-state index contributed by atoms with van der Waals surface area (Å²) in [7, 11) is 3.99. The molecule has 0 aliphatic carbocycles. The third-order valence-corrected chi connectivity index (χ3v) is 2.00. The van der Waals surface area contributed by atoms with Crippen LogP contribution in [0.2, 0.25) is 0 Å². The van der Waals surface area contributed by atoms with E-state index in [-0.39, 0.29) is 36.8 Å². The summed E-state index contributed by atoms with van der Waals surface area (Å²) in [6.07, 6.45) is 0.980. The number of hydrogen-bond donors (Lipinski definition) is 2. The van der Waals surface area contributed by atoms with Crippen molar-refractivity contribution in [1.82, 2.24) is 15.5 Å². The Morgan fingerprint density at radius 3 is 2.43 bits per heavy atom. The smallest absolute Gasteiger partial charge is 0.237 e. The third kappa shape index (κ3) is 5.65. The predicted molar refractivity (Wildman–Crippen MR) is 62.5 cm³/mol. The lowest BCUT2D eigenvalue weighted by Gasteiger charge is -2.26. The molecule has 1 amide bonds. The lowest BCUT2D eigenvalue weighted by atomic mass is 10.1. The molecule has 1 aliphatic rings. The Hall–Kier alpha value is -0.0300. The molecule has 0 spiro atoms. The molecule has 0 bridgehead atoms. The fourth-order valence-corrected chi connectivity index (χ4v) is 1.04. The van der Waals surface area contributed by atoms with Gasteiger partial charge in [0, 0.05) is 13.1 Å². The zero-order valence-corrected chi connectivity index (χ0v) is 10.2. The molecule has 1 heterocycles. The normalized spacial score (nSPS) is 18.9. The Bertz CT molecular complexity index is 163. The number of carbonyl (C=O) groups excluding carboxylic acids is 1. The van der Waals surface area contributed by atoms with Crippen LogP contribution in [0.3, 0.4) is 0 Å². The van der Waals surface area contributed by atoms with E-state index < -0.39 is 0 Å². The van der Waals surface area contributed by atoms with Crippen LogP contribution < -0.4 is 10.6 Å². The maximum atomic E-state index is 11.2. The molecule has 1 rings (SSSR count). The molecule has 1 atom stereocenters. The molecule has 0 aromatic heterocycles. The average molecular weight is 244 g/mol. The van der Waals surface area contributed by atoms with Crippen LogP contribution in [0.15, 0.2) is 0 Å². The second-order valence-corrected chi connectivity index (χ2v) is 3.39. The van der Waals surface area contributed by atoms with Crippen LogP contribution in [0.25, 0.3) is 0 Å². The molecule has 86 valence electrons. The van der Waals surface area contributed by atoms with Crippen molar-refractivity contribution in [2.75, 3.05) is 33.7 Å². The second kappa shape index (κ2) is 8.29. The highest BCUT2D eigenvalue weighted by Gasteiger charge is 2.23. The molecular weight excluding hydrogens is 225 g/mol. The molecule has 1 fully saturated rings. The van der Waals surface area contributed by atoms with Crippen molar-refractivity contribution in [3.05, 3.63) is 0 Å². The summed E-state index contributed by atoms with van der Waals surface area (Å²) in [6, 6.07) is 0.0761. The summed E-state index contributed by atoms with van der Waals surface area (Å²) in [4.78, 5) is 13.3. The van der Waals surface area contributed by atoms with Crippen molar-refractivity contribution >= 4 is 30.7 Å². The van der Waals surface area contributed by atoms with Gasteiger partial charge >= 0.3 is 0 Å². The molecule has 4 nitrogen and oxygen atoms in total. The highest BCUT2D eigenvalue weighted by Crippen LogP contribution is 2.00. The van der Waals surface area contributed by atoms with Crippen LogP contribution >= 0.6 is 24.8 Å². The quantitative estimate of drug-likeness (QED) is 0.724. The summed E-state index contributed by atoms with van der Waals surface area (Å²) in [5.41, 5.74) is 0. The number of hydrogen-bond acceptors (Lipinski definition) is 3. The van der Waals surface area contributed by atoms with Gasteiger partial charge in [-0.3, -0.25) is 4.79 Å². The molecule has 0 radical (unpaired) electrons. The minimum Gasteiger partial charge on any atom is -0.353 e. The standard InChI is InChI=1S/C8H17N3O.2ClH/c1-11(2)6-5-10-8(12)7-3-4-9-7;;/h7,9H,3-6H2,1-2H3,(H,10,12);2*1H/t7-;;/m0../s1. The van der Waals surface area contributed by atoms with Gasteiger partial charge in [-0.15, -0.1) is 24.8 Å². The van der Waals surface area contributed by atoms with Crippen molar-refractivity contribution in [3.8, 4) is 0 Å². The first-order valence-electron chi connectivity index (χ1n) is 4.36. The Labute approximate surface area is 97.6 Å². The van der Waals surface area contributed by atoms with E-state index in [0.717, 1.165) is 26.1 Å². The van der Waals surface area contributed by atoms with E-state index in [2.05, 4.69) is 15.5 Å². The number of carbonyl (C=O) groups is 1. The zero-order valence-electron chi connectivity index (χ0n) is 8.58. The first-order chi connectivity index (χ1) is 5.70. The molecule has 0 unspecified atom stereocenters. The number of rotatable bonds is 4. The predicted octanol–water partition coefficient (Wildman–Crippen LogP) is -0.130. The summed E-state index contributed by atoms with van der Waals surface area (Å²) < 4.78 is 0. The first-order valence-corrected chi connectivity index (χ1v) is 4.36. The van der Waals surface area contributed by atoms with E-state index in [1.807, 2.05) is 14.1 Å². The maximum absolute atomic E-state index is 11.2. The Kier molecular flexibility index (Phi) is 9.72. The second-order valence-electron chi connectivity index (χ2n) is 3.39. The monoisotopic (exact) mass is 243 g/mol. The lowest BCUT2D eigenvalue weighted by Crippen LogP contribution is -2.53. The largest absolute Gasteiger partial charge is 0.353 e. The van der Waals surface area contributed by atoms with Crippen LogP contribution in [0, 0.1) is 0 Å². The minimum atomic E-state index is 0. The zero-order chi connectivity index (χ0) is 8.97. The molecule has 2 N–H and O–H groups in total. The van der Waals surface area contributed by atoms with Crippen molar-refractivity contribution in [1.29, 1.82) is 0 Å². The van der Waals surface area contributed by atoms with E-state index in [9.17, 15) is 4.79 Å². The summed E-state index contributed by atoms with van der Waals surface area (Å²) >= 11 is 0. The highest BCUT2D eigenvalue weighted by molar-refractivity contribution is 5.85. The van der Waals surface area contributed by atoms with Gasteiger partial charge in [-0.05, 0) is 27.1 Å². The topological polar surface area (TPSA) is 44.4 Å². The molecule has 0 aromatic carbocycles. The summed E-state index contributed by atoms with van der Waals surface area (Å²) in [5, 5.41) is 5.93. The van der Waals surface area contributed by atoms with Gasteiger partial charge in [0.05, 0.1) is 6.04 Å². The van der Waals surface area contributed by atoms with E-state index in [0.29, 0.717) is 0 Å². The van der Waals surface area contributed by atoms with Crippen molar-refractivity contribution < 1.29 is 4.79 Å². The SMILES string of the molecule is CN(C)CCNC(=O)[C@@H]1CCN1.Cl.Cl. The molecular formula is C8H19Cl2N3O. The minimum absolute atomic E-state index is 0. The number of nitrogens with one attached hydrogen (secondary N) is 2. The number of nitrogens with zero attached hydrogens (tertiary/aromatic N) is 1. The molecule has 6 heteroatoms. The number of amides is 1. The molecule has 1 saturated heterocycles. The van der Waals surface area contributed by atoms with E-state index in [1.165, 1.54) is 0 Å². The summed E-state index contributed by atoms with van der Waals surface area (Å²) in [5.74, 6) is 0.142. The van der Waals surface area contributed by atoms with Crippen LogP contribution in [-0.2, 0) is 4.79 Å². The highest BCUT2D eigenvalue weighted by atomic mass is 35.5. The fraction of sp³-hybridized carbons (Fsp3) is 0.875. The van der Waals surface area contributed by atoms with Gasteiger partial charge in [-0.2, -0.15) is 0 Å². The van der Waals surface area contributed by atoms with Gasteiger partial charge in [0.2, 0.25) is 5.91 Å². The third-order valence-electron chi connectivity index (χ3n) is 2.00. The van der Waals surface area contributed by atoms with Crippen LogP contribution in [0.5, 0.6) is 0 Å². The fourth-order valence-electron chi connectivity index (χ4n) is 1.04. The van der Waals surface area contributed by atoms with Gasteiger partial charge in [-0.1, -0.05) is 0 Å². The van der Waals surface area contributed by atoms with Gasteiger partial charge < -0.3 is 15.5 Å². The Morgan fingerprint density at radius 2 is 2.07 bits per heavy atom. The van der Waals surface area contributed by atoms with Crippen LogP contribution in [0.4, 0.5) is 0 Å². The maximum Gasteiger partial charge on any atom is 0.237 e. The van der Waals surface area contributed by atoms with E-state index in [4.69, 9.17) is 0 Å². The van der Waals surface area contributed by atoms with Gasteiger partial charge in [0.1, 0.15) is 0 Å². The number of halogens is 2. The summed E-state index contributed by atoms with van der Waals surface area (Å²) in [6.45, 7) is 2.62. The van der Waals surface area contributed by atoms with Crippen molar-refractivity contribution in [2.45, 2.75) is 12.5 Å². The average Bonchev–Trinajstić information content (AvgIpc) is 1.81. The van der Waals surface area contributed by atoms with Crippen molar-refractivity contribution in [3.63, 3.8) is 0 Å². The van der Waals surface area contributed by atoms with Crippen molar-refractivity contribution in [2.24, 2.45) is 0 Å². The molecule has 1 aliphatic heterocycles. The van der Waals surface area contributed by atoms with Crippen LogP contribution in [0.1, 0.15) is 6.42 Å². The molecule has 0 aromatic rings. The Balaban J connectivity index is 0.